The third-order valence-electron chi connectivity index (χ3n) is 4.64. The van der Waals surface area contributed by atoms with Gasteiger partial charge < -0.3 is 5.11 Å². The molecular weight excluding hydrogens is 319 g/mol. The van der Waals surface area contributed by atoms with Gasteiger partial charge in [-0.1, -0.05) is 30.3 Å². The molecule has 4 rings (SSSR count). The summed E-state index contributed by atoms with van der Waals surface area (Å²) in [5, 5.41) is 10.1. The van der Waals surface area contributed by atoms with E-state index in [-0.39, 0.29) is 5.56 Å². The van der Waals surface area contributed by atoms with Crippen molar-refractivity contribution in [2.45, 2.75) is 19.5 Å². The quantitative estimate of drug-likeness (QED) is 0.793. The summed E-state index contributed by atoms with van der Waals surface area (Å²) in [5.41, 5.74) is 3.41. The van der Waals surface area contributed by atoms with Gasteiger partial charge in [0.05, 0.1) is 11.1 Å². The summed E-state index contributed by atoms with van der Waals surface area (Å²) < 4.78 is 13.6. The van der Waals surface area contributed by atoms with Crippen molar-refractivity contribution in [2.75, 3.05) is 6.54 Å². The molecule has 0 radical (unpaired) electrons. The molecule has 2 aromatic carbocycles. The number of benzene rings is 2. The smallest absolute Gasteiger partial charge is 0.336 e. The van der Waals surface area contributed by atoms with Crippen LogP contribution >= 0.6 is 0 Å². The first-order valence-corrected chi connectivity index (χ1v) is 8.22. The molecule has 0 bridgehead atoms. The van der Waals surface area contributed by atoms with Crippen LogP contribution < -0.4 is 0 Å². The number of halogens is 1. The van der Waals surface area contributed by atoms with E-state index < -0.39 is 11.8 Å². The molecule has 1 aliphatic rings. The van der Waals surface area contributed by atoms with Crippen LogP contribution in [0, 0.1) is 5.82 Å². The number of nitrogens with zero attached hydrogens (tertiary/aromatic N) is 2. The minimum atomic E-state index is -1.03. The monoisotopic (exact) mass is 336 g/mol. The number of carboxylic acids is 1. The van der Waals surface area contributed by atoms with Gasteiger partial charge in [-0.15, -0.1) is 0 Å². The molecule has 1 aromatic heterocycles. The highest BCUT2D eigenvalue weighted by molar-refractivity contribution is 6.04. The largest absolute Gasteiger partial charge is 0.478 e. The molecule has 2 heterocycles. The van der Waals surface area contributed by atoms with Crippen molar-refractivity contribution in [3.8, 4) is 0 Å². The van der Waals surface area contributed by atoms with Gasteiger partial charge in [-0.05, 0) is 23.8 Å². The Bertz CT molecular complexity index is 957. The van der Waals surface area contributed by atoms with E-state index in [0.717, 1.165) is 18.8 Å². The van der Waals surface area contributed by atoms with Gasteiger partial charge in [0.25, 0.3) is 0 Å². The van der Waals surface area contributed by atoms with Crippen LogP contribution in [0.1, 0.15) is 27.2 Å². The number of aromatic nitrogens is 1. The lowest BCUT2D eigenvalue weighted by atomic mass is 9.95. The number of hydrogen-bond acceptors (Lipinski definition) is 3. The van der Waals surface area contributed by atoms with Crippen LogP contribution in [0.25, 0.3) is 10.9 Å². The Hall–Kier alpha value is -2.79. The fraction of sp³-hybridized carbons (Fsp3) is 0.200. The van der Waals surface area contributed by atoms with Crippen LogP contribution in [0.3, 0.4) is 0 Å². The Morgan fingerprint density at radius 1 is 1.20 bits per heavy atom. The summed E-state index contributed by atoms with van der Waals surface area (Å²) in [6, 6.07) is 14.2. The Balaban J connectivity index is 1.76. The molecule has 0 saturated heterocycles. The van der Waals surface area contributed by atoms with Crippen molar-refractivity contribution in [1.29, 1.82) is 0 Å². The first-order valence-electron chi connectivity index (χ1n) is 8.22. The Morgan fingerprint density at radius 2 is 2.00 bits per heavy atom. The van der Waals surface area contributed by atoms with E-state index in [1.54, 1.807) is 6.07 Å². The molecule has 3 aromatic rings. The first kappa shape index (κ1) is 15.7. The Kier molecular flexibility index (Phi) is 3.93. The van der Waals surface area contributed by atoms with Gasteiger partial charge in [0.15, 0.2) is 0 Å². The highest BCUT2D eigenvalue weighted by atomic mass is 19.1. The molecule has 0 aliphatic carbocycles. The fourth-order valence-corrected chi connectivity index (χ4v) is 3.49. The number of carbonyl (C=O) groups is 1. The van der Waals surface area contributed by atoms with Gasteiger partial charge in [0.2, 0.25) is 0 Å². The molecular formula is C20H17FN2O2. The van der Waals surface area contributed by atoms with Crippen molar-refractivity contribution >= 4 is 16.9 Å². The van der Waals surface area contributed by atoms with Crippen LogP contribution in [-0.4, -0.2) is 27.5 Å². The number of fused-ring (bicyclic) bond motifs is 2. The predicted molar refractivity (Wildman–Crippen MR) is 92.9 cm³/mol. The van der Waals surface area contributed by atoms with E-state index in [9.17, 15) is 14.3 Å². The van der Waals surface area contributed by atoms with E-state index in [1.165, 1.54) is 17.7 Å². The SMILES string of the molecule is O=C(O)c1c2c(nc3ccc(F)cc13)CCN(Cc1ccccc1)C2. The van der Waals surface area contributed by atoms with Crippen LogP contribution in [-0.2, 0) is 19.5 Å². The van der Waals surface area contributed by atoms with Crippen molar-refractivity contribution in [1.82, 2.24) is 9.88 Å². The molecule has 0 atom stereocenters. The molecule has 126 valence electrons. The van der Waals surface area contributed by atoms with Gasteiger partial charge in [0, 0.05) is 42.7 Å². The minimum Gasteiger partial charge on any atom is -0.478 e. The maximum atomic E-state index is 13.6. The van der Waals surface area contributed by atoms with Crippen LogP contribution in [0.2, 0.25) is 0 Å². The predicted octanol–water partition coefficient (Wildman–Crippen LogP) is 3.63. The lowest BCUT2D eigenvalue weighted by Gasteiger charge is -2.29. The van der Waals surface area contributed by atoms with Crippen LogP contribution in [0.4, 0.5) is 4.39 Å². The zero-order chi connectivity index (χ0) is 17.4. The maximum Gasteiger partial charge on any atom is 0.336 e. The van der Waals surface area contributed by atoms with Gasteiger partial charge in [-0.3, -0.25) is 9.88 Å². The number of hydrogen-bond donors (Lipinski definition) is 1. The summed E-state index contributed by atoms with van der Waals surface area (Å²) >= 11 is 0. The van der Waals surface area contributed by atoms with Crippen molar-refractivity contribution in [3.63, 3.8) is 0 Å². The highest BCUT2D eigenvalue weighted by Gasteiger charge is 2.25. The van der Waals surface area contributed by atoms with Gasteiger partial charge in [-0.2, -0.15) is 0 Å². The Labute approximate surface area is 144 Å². The topological polar surface area (TPSA) is 53.4 Å². The second-order valence-electron chi connectivity index (χ2n) is 6.32. The van der Waals surface area contributed by atoms with Crippen LogP contribution in [0.15, 0.2) is 48.5 Å². The van der Waals surface area contributed by atoms with Gasteiger partial charge >= 0.3 is 5.97 Å². The zero-order valence-corrected chi connectivity index (χ0v) is 13.6. The molecule has 0 spiro atoms. The molecule has 0 saturated carbocycles. The summed E-state index contributed by atoms with van der Waals surface area (Å²) in [7, 11) is 0. The van der Waals surface area contributed by atoms with E-state index >= 15 is 0 Å². The molecule has 1 N–H and O–H groups in total. The van der Waals surface area contributed by atoms with E-state index in [2.05, 4.69) is 22.0 Å². The fourth-order valence-electron chi connectivity index (χ4n) is 3.49. The average molecular weight is 336 g/mol. The summed E-state index contributed by atoms with van der Waals surface area (Å²) in [6.45, 7) is 2.08. The van der Waals surface area contributed by atoms with Gasteiger partial charge in [-0.25, -0.2) is 9.18 Å². The third kappa shape index (κ3) is 2.98. The van der Waals surface area contributed by atoms with E-state index in [0.29, 0.717) is 29.4 Å². The summed E-state index contributed by atoms with van der Waals surface area (Å²) in [4.78, 5) is 18.7. The highest BCUT2D eigenvalue weighted by Crippen LogP contribution is 2.29. The molecule has 0 fully saturated rings. The Morgan fingerprint density at radius 3 is 2.76 bits per heavy atom. The van der Waals surface area contributed by atoms with E-state index in [1.807, 2.05) is 18.2 Å². The first-order chi connectivity index (χ1) is 12.1. The maximum absolute atomic E-state index is 13.6. The third-order valence-corrected chi connectivity index (χ3v) is 4.64. The molecule has 0 unspecified atom stereocenters. The van der Waals surface area contributed by atoms with Crippen molar-refractivity contribution < 1.29 is 14.3 Å². The zero-order valence-electron chi connectivity index (χ0n) is 13.6. The van der Waals surface area contributed by atoms with Crippen molar-refractivity contribution in [2.24, 2.45) is 0 Å². The molecule has 1 aliphatic heterocycles. The van der Waals surface area contributed by atoms with Crippen LogP contribution in [0.5, 0.6) is 0 Å². The second kappa shape index (κ2) is 6.26. The van der Waals surface area contributed by atoms with Crippen molar-refractivity contribution in [3.05, 3.63) is 76.7 Å². The number of aromatic carboxylic acids is 1. The summed E-state index contributed by atoms with van der Waals surface area (Å²) in [5.74, 6) is -1.48. The number of rotatable bonds is 3. The number of pyridine rings is 1. The number of carboxylic acid groups (broad SMARTS) is 1. The minimum absolute atomic E-state index is 0.178. The lowest BCUT2D eigenvalue weighted by molar-refractivity contribution is 0.0695. The lowest BCUT2D eigenvalue weighted by Crippen LogP contribution is -2.32. The molecule has 5 heteroatoms. The van der Waals surface area contributed by atoms with E-state index in [4.69, 9.17) is 0 Å². The molecule has 0 amide bonds. The van der Waals surface area contributed by atoms with Gasteiger partial charge in [0.1, 0.15) is 5.82 Å². The molecule has 25 heavy (non-hydrogen) atoms. The average Bonchev–Trinajstić information content (AvgIpc) is 2.60. The summed E-state index contributed by atoms with van der Waals surface area (Å²) in [6.07, 6.45) is 0.690. The molecule has 4 nitrogen and oxygen atoms in total. The normalized spacial score (nSPS) is 14.4. The second-order valence-corrected chi connectivity index (χ2v) is 6.32. The standard InChI is InChI=1S/C20H17FN2O2/c21-14-6-7-17-15(10-14)19(20(24)25)16-12-23(9-8-18(16)22-17)11-13-4-2-1-3-5-13/h1-7,10H,8-9,11-12H2,(H,24,25).